The van der Waals surface area contributed by atoms with E-state index < -0.39 is 17.3 Å². The molecule has 0 bridgehead atoms. The number of nitrogens with one attached hydrogen (secondary N) is 1. The van der Waals surface area contributed by atoms with Crippen molar-refractivity contribution in [1.82, 2.24) is 20.2 Å². The lowest BCUT2D eigenvalue weighted by atomic mass is 9.95. The summed E-state index contributed by atoms with van der Waals surface area (Å²) in [7, 11) is 0. The molecule has 6 nitrogen and oxygen atoms in total. The van der Waals surface area contributed by atoms with Crippen LogP contribution in [0.2, 0.25) is 0 Å². The summed E-state index contributed by atoms with van der Waals surface area (Å²) in [5.41, 5.74) is -1.04. The minimum atomic E-state index is -4.53. The van der Waals surface area contributed by atoms with Crippen LogP contribution in [0, 0.1) is 17.7 Å². The number of halogens is 4. The summed E-state index contributed by atoms with van der Waals surface area (Å²) in [6.07, 6.45) is -3.51. The molecule has 5 rings (SSSR count). The minimum Gasteiger partial charge on any atom is -0.354 e. The van der Waals surface area contributed by atoms with Crippen LogP contribution in [0.3, 0.4) is 0 Å². The molecule has 1 aromatic heterocycles. The maximum atomic E-state index is 14.1. The molecule has 1 aliphatic carbocycles. The molecule has 0 spiro atoms. The Balaban J connectivity index is 1.13. The molecule has 39 heavy (non-hydrogen) atoms. The maximum Gasteiger partial charge on any atom is 0.433 e. The molecule has 2 atom stereocenters. The Morgan fingerprint density at radius 3 is 2.33 bits per heavy atom. The number of alkyl halides is 3. The molecule has 1 saturated heterocycles. The molecule has 208 valence electrons. The zero-order chi connectivity index (χ0) is 27.9. The van der Waals surface area contributed by atoms with E-state index in [1.54, 1.807) is 45.0 Å². The lowest BCUT2D eigenvalue weighted by Crippen LogP contribution is -2.47. The highest BCUT2D eigenvalue weighted by Crippen LogP contribution is 2.39. The van der Waals surface area contributed by atoms with Crippen molar-refractivity contribution in [1.29, 1.82) is 0 Å². The fourth-order valence-corrected chi connectivity index (χ4v) is 5.13. The van der Waals surface area contributed by atoms with Gasteiger partial charge in [-0.05, 0) is 35.8 Å². The molecule has 2 aromatic carbocycles. The van der Waals surface area contributed by atoms with Gasteiger partial charge in [-0.15, -0.1) is 0 Å². The van der Waals surface area contributed by atoms with E-state index in [0.717, 1.165) is 32.1 Å². The van der Waals surface area contributed by atoms with E-state index >= 15 is 0 Å². The molecular formula is C29H33F4N5O. The van der Waals surface area contributed by atoms with Gasteiger partial charge in [0.15, 0.2) is 0 Å². The van der Waals surface area contributed by atoms with Gasteiger partial charge in [0.2, 0.25) is 0 Å². The van der Waals surface area contributed by atoms with Crippen LogP contribution in [0.1, 0.15) is 49.1 Å². The maximum absolute atomic E-state index is 14.1. The summed E-state index contributed by atoms with van der Waals surface area (Å²) in [5, 5.41) is 4.04. The van der Waals surface area contributed by atoms with E-state index in [2.05, 4.69) is 20.2 Å². The second-order valence-corrected chi connectivity index (χ2v) is 11.6. The van der Waals surface area contributed by atoms with Gasteiger partial charge in [-0.25, -0.2) is 14.4 Å². The van der Waals surface area contributed by atoms with E-state index in [1.165, 1.54) is 12.1 Å². The van der Waals surface area contributed by atoms with Crippen molar-refractivity contribution < 1.29 is 22.4 Å². The van der Waals surface area contributed by atoms with Gasteiger partial charge >= 0.3 is 6.18 Å². The summed E-state index contributed by atoms with van der Waals surface area (Å²) in [4.78, 5) is 25.3. The topological polar surface area (TPSA) is 61.4 Å². The number of carbonyl (C=O) groups is 1. The van der Waals surface area contributed by atoms with E-state index in [9.17, 15) is 22.4 Å². The molecule has 0 radical (unpaired) electrons. The number of anilines is 1. The Hall–Kier alpha value is -3.27. The lowest BCUT2D eigenvalue weighted by Gasteiger charge is -2.36. The molecule has 2 fully saturated rings. The van der Waals surface area contributed by atoms with Crippen molar-refractivity contribution in [3.8, 4) is 0 Å². The van der Waals surface area contributed by atoms with E-state index in [1.807, 2.05) is 4.90 Å². The number of hydrogen-bond donors (Lipinski definition) is 1. The molecule has 1 aliphatic heterocycles. The largest absolute Gasteiger partial charge is 0.433 e. The molecule has 3 aromatic rings. The number of piperazine rings is 1. The van der Waals surface area contributed by atoms with Gasteiger partial charge < -0.3 is 10.2 Å². The average molecular weight is 544 g/mol. The van der Waals surface area contributed by atoms with Gasteiger partial charge in [-0.2, -0.15) is 13.2 Å². The smallest absolute Gasteiger partial charge is 0.354 e. The highest BCUT2D eigenvalue weighted by Gasteiger charge is 2.39. The molecule has 2 heterocycles. The number of hydrogen-bond acceptors (Lipinski definition) is 5. The molecule has 2 aliphatic rings. The number of rotatable bonds is 6. The molecule has 1 amide bonds. The SMILES string of the molecule is CC(C)(C)c1nc(N2CCN(CC3CC3CNC(=O)c3ccc(F)c4ccccc34)CC2)cc(C(F)(F)F)n1. The summed E-state index contributed by atoms with van der Waals surface area (Å²) in [6, 6.07) is 10.9. The predicted molar refractivity (Wildman–Crippen MR) is 142 cm³/mol. The lowest BCUT2D eigenvalue weighted by molar-refractivity contribution is -0.141. The minimum absolute atomic E-state index is 0.186. The Labute approximate surface area is 225 Å². The summed E-state index contributed by atoms with van der Waals surface area (Å²) < 4.78 is 54.6. The van der Waals surface area contributed by atoms with Crippen LogP contribution in [-0.2, 0) is 11.6 Å². The predicted octanol–water partition coefficient (Wildman–Crippen LogP) is 5.27. The van der Waals surface area contributed by atoms with Crippen molar-refractivity contribution in [2.75, 3.05) is 44.2 Å². The number of benzene rings is 2. The van der Waals surface area contributed by atoms with Crippen LogP contribution in [0.4, 0.5) is 23.4 Å². The highest BCUT2D eigenvalue weighted by molar-refractivity contribution is 6.07. The van der Waals surface area contributed by atoms with Crippen molar-refractivity contribution in [2.45, 2.75) is 38.8 Å². The second-order valence-electron chi connectivity index (χ2n) is 11.6. The van der Waals surface area contributed by atoms with Crippen LogP contribution >= 0.6 is 0 Å². The van der Waals surface area contributed by atoms with Crippen molar-refractivity contribution in [3.63, 3.8) is 0 Å². The van der Waals surface area contributed by atoms with Gasteiger partial charge in [0.25, 0.3) is 5.91 Å². The third-order valence-corrected chi connectivity index (χ3v) is 7.57. The number of nitrogens with zero attached hydrogens (tertiary/aromatic N) is 4. The van der Waals surface area contributed by atoms with E-state index in [-0.39, 0.29) is 17.5 Å². The van der Waals surface area contributed by atoms with Crippen LogP contribution in [0.15, 0.2) is 42.5 Å². The Morgan fingerprint density at radius 2 is 1.67 bits per heavy atom. The van der Waals surface area contributed by atoms with E-state index in [0.29, 0.717) is 53.6 Å². The first-order chi connectivity index (χ1) is 18.4. The summed E-state index contributed by atoms with van der Waals surface area (Å²) in [5.74, 6) is 0.797. The first-order valence-electron chi connectivity index (χ1n) is 13.3. The normalized spacial score (nSPS) is 20.3. The van der Waals surface area contributed by atoms with Gasteiger partial charge in [0.05, 0.1) is 0 Å². The molecular weight excluding hydrogens is 510 g/mol. The van der Waals surface area contributed by atoms with Crippen molar-refractivity contribution in [2.24, 2.45) is 11.8 Å². The second kappa shape index (κ2) is 10.4. The summed E-state index contributed by atoms with van der Waals surface area (Å²) >= 11 is 0. The third kappa shape index (κ3) is 6.16. The number of fused-ring (bicyclic) bond motifs is 1. The van der Waals surface area contributed by atoms with Gasteiger partial charge in [-0.1, -0.05) is 45.0 Å². The Bertz CT molecular complexity index is 1330. The van der Waals surface area contributed by atoms with Gasteiger partial charge in [-0.3, -0.25) is 9.69 Å². The van der Waals surface area contributed by atoms with E-state index in [4.69, 9.17) is 0 Å². The Morgan fingerprint density at radius 1 is 0.974 bits per heavy atom. The molecule has 1 N–H and O–H groups in total. The third-order valence-electron chi connectivity index (χ3n) is 7.57. The standard InChI is InChI=1S/C29H33F4N5O/c1-28(2,3)27-35-24(29(31,32)33)15-25(36-27)38-12-10-37(11-13-38)17-19-14-18(19)16-34-26(39)22-8-9-23(30)21-7-5-4-6-20(21)22/h4-9,15,18-19H,10-14,16-17H2,1-3H3,(H,34,39). The van der Waals surface area contributed by atoms with Crippen LogP contribution in [0.25, 0.3) is 10.8 Å². The van der Waals surface area contributed by atoms with Crippen LogP contribution in [-0.4, -0.2) is 60.0 Å². The first-order valence-corrected chi connectivity index (χ1v) is 13.3. The molecule has 1 saturated carbocycles. The van der Waals surface area contributed by atoms with Crippen LogP contribution in [0.5, 0.6) is 0 Å². The molecule has 10 heteroatoms. The fourth-order valence-electron chi connectivity index (χ4n) is 5.13. The average Bonchev–Trinajstić information content (AvgIpc) is 3.64. The van der Waals surface area contributed by atoms with Crippen LogP contribution < -0.4 is 10.2 Å². The van der Waals surface area contributed by atoms with Crippen molar-refractivity contribution >= 4 is 22.5 Å². The highest BCUT2D eigenvalue weighted by atomic mass is 19.4. The Kier molecular flexibility index (Phi) is 7.26. The number of aromatic nitrogens is 2. The zero-order valence-corrected chi connectivity index (χ0v) is 22.4. The fraction of sp³-hybridized carbons (Fsp3) is 0.483. The number of carbonyl (C=O) groups excluding carboxylic acids is 1. The monoisotopic (exact) mass is 543 g/mol. The van der Waals surface area contributed by atoms with Gasteiger partial charge in [0.1, 0.15) is 23.2 Å². The summed E-state index contributed by atoms with van der Waals surface area (Å²) in [6.45, 7) is 9.50. The quantitative estimate of drug-likeness (QED) is 0.429. The molecule has 2 unspecified atom stereocenters. The zero-order valence-electron chi connectivity index (χ0n) is 22.4. The van der Waals surface area contributed by atoms with Gasteiger partial charge in [0, 0.05) is 61.7 Å². The first kappa shape index (κ1) is 27.3. The number of amides is 1. The van der Waals surface area contributed by atoms with Crippen molar-refractivity contribution in [3.05, 3.63) is 65.4 Å².